The number of benzene rings is 4. The number of hydrogen-bond donors (Lipinski definition) is 0. The molecule has 2 unspecified atom stereocenters. The Kier molecular flexibility index (Phi) is 17.1. The highest BCUT2D eigenvalue weighted by Crippen LogP contribution is 2.31. The fourth-order valence-corrected chi connectivity index (χ4v) is 6.49. The first-order chi connectivity index (χ1) is 24.7. The Bertz CT molecular complexity index is 1870. The molecule has 0 heterocycles. The topological polar surface area (TPSA) is 93.2 Å². The summed E-state index contributed by atoms with van der Waals surface area (Å²) in [6.07, 6.45) is -0.0155. The van der Waals surface area contributed by atoms with Crippen LogP contribution in [0.3, 0.4) is 0 Å². The summed E-state index contributed by atoms with van der Waals surface area (Å²) in [6, 6.07) is 21.7. The Balaban J connectivity index is 0.000000280. The number of nitrogens with zero attached hydrogens (tertiary/aromatic N) is 2. The van der Waals surface area contributed by atoms with Crippen molar-refractivity contribution in [3.05, 3.63) is 137 Å². The van der Waals surface area contributed by atoms with Crippen LogP contribution in [0, 0.1) is 0 Å². The molecule has 276 valence electrons. The lowest BCUT2D eigenvalue weighted by atomic mass is 10.0. The lowest BCUT2D eigenvalue weighted by Gasteiger charge is -2.27. The molecule has 0 aliphatic rings. The van der Waals surface area contributed by atoms with Gasteiger partial charge in [0.15, 0.2) is 12.1 Å². The second kappa shape index (κ2) is 20.7. The number of hydrogen-bond acceptors (Lipinski definition) is 6. The van der Waals surface area contributed by atoms with Crippen molar-refractivity contribution in [2.24, 2.45) is 0 Å². The molecule has 0 aliphatic carbocycles. The van der Waals surface area contributed by atoms with Gasteiger partial charge in [-0.25, -0.2) is 9.59 Å². The molecule has 4 aromatic rings. The van der Waals surface area contributed by atoms with Crippen molar-refractivity contribution in [1.29, 1.82) is 0 Å². The van der Waals surface area contributed by atoms with Gasteiger partial charge in [-0.3, -0.25) is 9.59 Å². The molecule has 0 saturated heterocycles. The van der Waals surface area contributed by atoms with E-state index in [0.29, 0.717) is 52.4 Å². The van der Waals surface area contributed by atoms with Gasteiger partial charge in [0.2, 0.25) is 11.8 Å². The summed E-state index contributed by atoms with van der Waals surface area (Å²) in [4.78, 5) is 53.2. The van der Waals surface area contributed by atoms with Crippen molar-refractivity contribution in [2.75, 3.05) is 27.3 Å². The fraction of sp³-hybridized carbons (Fsp3) is 0.263. The van der Waals surface area contributed by atoms with Gasteiger partial charge in [-0.15, -0.1) is 0 Å². The lowest BCUT2D eigenvalue weighted by molar-refractivity contribution is -0.154. The van der Waals surface area contributed by atoms with Crippen molar-refractivity contribution in [3.8, 4) is 0 Å². The van der Waals surface area contributed by atoms with E-state index in [1.807, 2.05) is 0 Å². The van der Waals surface area contributed by atoms with E-state index in [2.05, 4.69) is 0 Å². The maximum Gasteiger partial charge on any atom is 0.333 e. The summed E-state index contributed by atoms with van der Waals surface area (Å²) in [5.74, 6) is -1.69. The molecule has 2 atom stereocenters. The van der Waals surface area contributed by atoms with E-state index in [-0.39, 0.29) is 37.9 Å². The highest BCUT2D eigenvalue weighted by molar-refractivity contribution is 6.36. The SMILES string of the molecule is CCOC(=O)C(c1cccc(Cl)c1)N(C)C(=O)Cc1ccc(Cl)cc1Cl.CCOC(=O)C(c1ccccc1Cl)N(C)C(=O)Cc1c(Cl)cccc1Cl. The largest absolute Gasteiger partial charge is 0.464 e. The summed E-state index contributed by atoms with van der Waals surface area (Å²) in [7, 11) is 3.08. The quantitative estimate of drug-likeness (QED) is 0.132. The first kappa shape index (κ1) is 42.9. The number of carbonyl (C=O) groups is 4. The normalized spacial score (nSPS) is 11.7. The number of amides is 2. The van der Waals surface area contributed by atoms with Gasteiger partial charge in [-0.1, -0.05) is 112 Å². The Morgan fingerprint density at radius 1 is 0.577 bits per heavy atom. The van der Waals surface area contributed by atoms with Crippen molar-refractivity contribution in [1.82, 2.24) is 9.80 Å². The van der Waals surface area contributed by atoms with Crippen molar-refractivity contribution in [2.45, 2.75) is 38.8 Å². The molecular formula is C38H36Cl6N2O6. The number of likely N-dealkylation sites (N-methyl/N-ethyl adjacent to an activating group) is 2. The standard InChI is InChI=1S/2C19H18Cl3NO3/c1-3-26-19(25)18(12-7-4-5-8-14(12)20)23(2)17(24)11-13-15(21)9-6-10-16(13)22;1-3-26-19(25)18(13-5-4-6-14(20)9-13)23(2)17(24)10-12-7-8-15(21)11-16(12)22/h4-10,18H,3,11H2,1-2H3;4-9,11,18H,3,10H2,1-2H3. The Hall–Kier alpha value is -3.50. The molecule has 0 bridgehead atoms. The number of halogens is 6. The minimum atomic E-state index is -0.961. The van der Waals surface area contributed by atoms with Gasteiger partial charge in [-0.2, -0.15) is 0 Å². The Morgan fingerprint density at radius 3 is 1.67 bits per heavy atom. The molecule has 14 heteroatoms. The number of esters is 2. The van der Waals surface area contributed by atoms with Crippen LogP contribution in [0.2, 0.25) is 30.1 Å². The maximum absolute atomic E-state index is 12.8. The molecule has 52 heavy (non-hydrogen) atoms. The highest BCUT2D eigenvalue weighted by Gasteiger charge is 2.32. The van der Waals surface area contributed by atoms with Gasteiger partial charge in [0.1, 0.15) is 0 Å². The first-order valence-electron chi connectivity index (χ1n) is 15.9. The van der Waals surface area contributed by atoms with Gasteiger partial charge < -0.3 is 19.3 Å². The van der Waals surface area contributed by atoms with E-state index in [1.54, 1.807) is 106 Å². The second-order valence-corrected chi connectivity index (χ2v) is 13.7. The van der Waals surface area contributed by atoms with E-state index >= 15 is 0 Å². The molecule has 0 saturated carbocycles. The molecule has 4 aromatic carbocycles. The molecule has 4 rings (SSSR count). The van der Waals surface area contributed by atoms with Gasteiger partial charge >= 0.3 is 11.9 Å². The fourth-order valence-electron chi connectivity index (χ4n) is 5.05. The van der Waals surface area contributed by atoms with Crippen LogP contribution in [0.15, 0.2) is 84.9 Å². The van der Waals surface area contributed by atoms with Crippen LogP contribution in [0.1, 0.15) is 48.2 Å². The Morgan fingerprint density at radius 2 is 1.10 bits per heavy atom. The van der Waals surface area contributed by atoms with E-state index < -0.39 is 24.0 Å². The number of rotatable bonds is 12. The molecule has 0 radical (unpaired) electrons. The Labute approximate surface area is 333 Å². The number of carbonyl (C=O) groups excluding carboxylic acids is 4. The molecule has 0 N–H and O–H groups in total. The molecule has 0 fully saturated rings. The third kappa shape index (κ3) is 11.8. The third-order valence-electron chi connectivity index (χ3n) is 7.69. The minimum Gasteiger partial charge on any atom is -0.464 e. The van der Waals surface area contributed by atoms with Crippen LogP contribution in [0.4, 0.5) is 0 Å². The monoisotopic (exact) mass is 826 g/mol. The summed E-state index contributed by atoms with van der Waals surface area (Å²) in [6.45, 7) is 3.81. The second-order valence-electron chi connectivity index (χ2n) is 11.2. The molecule has 8 nitrogen and oxygen atoms in total. The highest BCUT2D eigenvalue weighted by atomic mass is 35.5. The van der Waals surface area contributed by atoms with E-state index in [0.717, 1.165) is 0 Å². The average Bonchev–Trinajstić information content (AvgIpc) is 3.09. The summed E-state index contributed by atoms with van der Waals surface area (Å²) < 4.78 is 10.3. The summed E-state index contributed by atoms with van der Waals surface area (Å²) >= 11 is 36.6. The van der Waals surface area contributed by atoms with Crippen LogP contribution >= 0.6 is 69.6 Å². The van der Waals surface area contributed by atoms with Crippen LogP contribution in [-0.2, 0) is 41.5 Å². The predicted octanol–water partition coefficient (Wildman–Crippen LogP) is 9.90. The summed E-state index contributed by atoms with van der Waals surface area (Å²) in [5.41, 5.74) is 2.21. The van der Waals surface area contributed by atoms with Gasteiger partial charge in [-0.05, 0) is 73.0 Å². The van der Waals surface area contributed by atoms with Gasteiger partial charge in [0.05, 0.1) is 26.1 Å². The summed E-state index contributed by atoms with van der Waals surface area (Å²) in [5, 5.41) is 2.52. The molecule has 0 aromatic heterocycles. The van der Waals surface area contributed by atoms with E-state index in [1.165, 1.54) is 16.8 Å². The molecular weight excluding hydrogens is 793 g/mol. The van der Waals surface area contributed by atoms with Crippen LogP contribution in [0.5, 0.6) is 0 Å². The van der Waals surface area contributed by atoms with Gasteiger partial charge in [0, 0.05) is 49.8 Å². The third-order valence-corrected chi connectivity index (χ3v) is 9.57. The lowest BCUT2D eigenvalue weighted by Crippen LogP contribution is -2.38. The van der Waals surface area contributed by atoms with Crippen LogP contribution in [-0.4, -0.2) is 60.9 Å². The van der Waals surface area contributed by atoms with Crippen molar-refractivity contribution in [3.63, 3.8) is 0 Å². The smallest absolute Gasteiger partial charge is 0.333 e. The van der Waals surface area contributed by atoms with E-state index in [9.17, 15) is 19.2 Å². The van der Waals surface area contributed by atoms with Crippen molar-refractivity contribution < 1.29 is 28.7 Å². The molecule has 2 amide bonds. The predicted molar refractivity (Wildman–Crippen MR) is 208 cm³/mol. The zero-order chi connectivity index (χ0) is 38.5. The molecule has 0 aliphatic heterocycles. The van der Waals surface area contributed by atoms with E-state index in [4.69, 9.17) is 79.1 Å². The zero-order valence-corrected chi connectivity index (χ0v) is 33.2. The average molecular weight is 829 g/mol. The zero-order valence-electron chi connectivity index (χ0n) is 28.7. The maximum atomic E-state index is 12.8. The van der Waals surface area contributed by atoms with Gasteiger partial charge in [0.25, 0.3) is 0 Å². The van der Waals surface area contributed by atoms with Crippen molar-refractivity contribution >= 4 is 93.4 Å². The first-order valence-corrected chi connectivity index (χ1v) is 18.2. The van der Waals surface area contributed by atoms with Crippen LogP contribution in [0.25, 0.3) is 0 Å². The minimum absolute atomic E-state index is 0.0307. The number of ether oxygens (including phenoxy) is 2. The molecule has 0 spiro atoms. The van der Waals surface area contributed by atoms with Crippen LogP contribution < -0.4 is 0 Å².